The first-order chi connectivity index (χ1) is 14.4. The van der Waals surface area contributed by atoms with Crippen molar-refractivity contribution in [3.8, 4) is 0 Å². The summed E-state index contributed by atoms with van der Waals surface area (Å²) < 4.78 is 1.12. The number of benzene rings is 3. The Morgan fingerprint density at radius 1 is 0.900 bits per heavy atom. The lowest BCUT2D eigenvalue weighted by Gasteiger charge is -2.21. The molecule has 0 fully saturated rings. The van der Waals surface area contributed by atoms with Crippen molar-refractivity contribution in [2.24, 2.45) is 0 Å². The Kier molecular flexibility index (Phi) is 5.69. The predicted molar refractivity (Wildman–Crippen MR) is 126 cm³/mol. The topological polar surface area (TPSA) is 33.2 Å². The van der Waals surface area contributed by atoms with E-state index >= 15 is 0 Å². The lowest BCUT2D eigenvalue weighted by Crippen LogP contribution is -2.31. The second-order valence-electron chi connectivity index (χ2n) is 7.97. The molecule has 0 saturated heterocycles. The maximum absolute atomic E-state index is 13.5. The largest absolute Gasteiger partial charge is 0.283 e. The molecule has 4 rings (SSSR count). The molecular formula is C26H26N2OS. The Bertz CT molecular complexity index is 1170. The van der Waals surface area contributed by atoms with Crippen LogP contribution in [0, 0.1) is 27.7 Å². The summed E-state index contributed by atoms with van der Waals surface area (Å²) in [5, 5.41) is 0.758. The Morgan fingerprint density at radius 3 is 2.37 bits per heavy atom. The zero-order chi connectivity index (χ0) is 21.3. The number of carbonyl (C=O) groups excluding carboxylic acids is 1. The quantitative estimate of drug-likeness (QED) is 0.384. The van der Waals surface area contributed by atoms with Gasteiger partial charge in [0, 0.05) is 0 Å². The van der Waals surface area contributed by atoms with Gasteiger partial charge in [0.1, 0.15) is 0 Å². The summed E-state index contributed by atoms with van der Waals surface area (Å²) in [6, 6.07) is 20.7. The number of thiazole rings is 1. The van der Waals surface area contributed by atoms with Crippen LogP contribution in [0.2, 0.25) is 0 Å². The third-order valence-corrected chi connectivity index (χ3v) is 6.59. The van der Waals surface area contributed by atoms with Crippen molar-refractivity contribution in [3.05, 3.63) is 94.0 Å². The maximum atomic E-state index is 13.5. The van der Waals surface area contributed by atoms with Gasteiger partial charge in [0.25, 0.3) is 0 Å². The number of anilines is 1. The van der Waals surface area contributed by atoms with E-state index in [4.69, 9.17) is 4.98 Å². The molecule has 30 heavy (non-hydrogen) atoms. The minimum absolute atomic E-state index is 0.0679. The van der Waals surface area contributed by atoms with E-state index in [0.717, 1.165) is 32.0 Å². The summed E-state index contributed by atoms with van der Waals surface area (Å²) in [5.41, 5.74) is 7.94. The van der Waals surface area contributed by atoms with Gasteiger partial charge in [0.2, 0.25) is 5.91 Å². The fourth-order valence-electron chi connectivity index (χ4n) is 3.61. The first-order valence-electron chi connectivity index (χ1n) is 10.2. The first kappa shape index (κ1) is 20.3. The maximum Gasteiger partial charge on any atom is 0.233 e. The highest BCUT2D eigenvalue weighted by Gasteiger charge is 2.21. The van der Waals surface area contributed by atoms with Crippen molar-refractivity contribution < 1.29 is 4.79 Å². The molecule has 1 amide bonds. The number of hydrogen-bond acceptors (Lipinski definition) is 3. The van der Waals surface area contributed by atoms with E-state index in [2.05, 4.69) is 70.2 Å². The van der Waals surface area contributed by atoms with Crippen molar-refractivity contribution in [2.75, 3.05) is 4.90 Å². The number of fused-ring (bicyclic) bond motifs is 1. The summed E-state index contributed by atoms with van der Waals surface area (Å²) in [6.45, 7) is 8.87. The molecule has 3 nitrogen and oxygen atoms in total. The van der Waals surface area contributed by atoms with Crippen LogP contribution >= 0.6 is 11.3 Å². The van der Waals surface area contributed by atoms with E-state index in [-0.39, 0.29) is 5.91 Å². The number of hydrogen-bond donors (Lipinski definition) is 0. The molecule has 0 saturated carbocycles. The smallest absolute Gasteiger partial charge is 0.233 e. The van der Waals surface area contributed by atoms with Crippen molar-refractivity contribution in [3.63, 3.8) is 0 Å². The number of aromatic nitrogens is 1. The summed E-state index contributed by atoms with van der Waals surface area (Å²) in [6.07, 6.45) is 0.368. The summed E-state index contributed by atoms with van der Waals surface area (Å²) in [4.78, 5) is 20.1. The van der Waals surface area contributed by atoms with Crippen LogP contribution in [-0.2, 0) is 17.8 Å². The molecule has 0 bridgehead atoms. The molecule has 1 heterocycles. The molecule has 0 unspecified atom stereocenters. The Labute approximate surface area is 182 Å². The van der Waals surface area contributed by atoms with E-state index in [1.165, 1.54) is 16.7 Å². The van der Waals surface area contributed by atoms with Gasteiger partial charge in [0.05, 0.1) is 23.2 Å². The number of aryl methyl sites for hydroxylation is 4. The minimum atomic E-state index is 0.0679. The molecule has 0 aliphatic rings. The van der Waals surface area contributed by atoms with Crippen LogP contribution in [0.3, 0.4) is 0 Å². The Balaban J connectivity index is 1.71. The second kappa shape index (κ2) is 8.41. The summed E-state index contributed by atoms with van der Waals surface area (Å²) >= 11 is 1.59. The average Bonchev–Trinajstić information content (AvgIpc) is 3.11. The summed E-state index contributed by atoms with van der Waals surface area (Å²) in [5.74, 6) is 0.0679. The van der Waals surface area contributed by atoms with Crippen molar-refractivity contribution in [2.45, 2.75) is 40.7 Å². The minimum Gasteiger partial charge on any atom is -0.283 e. The van der Waals surface area contributed by atoms with E-state index in [1.807, 2.05) is 23.1 Å². The van der Waals surface area contributed by atoms with Gasteiger partial charge in [-0.1, -0.05) is 65.4 Å². The van der Waals surface area contributed by atoms with Gasteiger partial charge < -0.3 is 0 Å². The van der Waals surface area contributed by atoms with Crippen LogP contribution < -0.4 is 4.90 Å². The lowest BCUT2D eigenvalue weighted by atomic mass is 10.0. The van der Waals surface area contributed by atoms with Crippen molar-refractivity contribution in [1.29, 1.82) is 0 Å². The Hall–Kier alpha value is -2.98. The Morgan fingerprint density at radius 2 is 1.63 bits per heavy atom. The highest BCUT2D eigenvalue weighted by atomic mass is 32.1. The fraction of sp³-hybridized carbons (Fsp3) is 0.231. The van der Waals surface area contributed by atoms with E-state index in [0.29, 0.717) is 13.0 Å². The van der Waals surface area contributed by atoms with Gasteiger partial charge in [-0.2, -0.15) is 0 Å². The van der Waals surface area contributed by atoms with Crippen molar-refractivity contribution >= 4 is 32.6 Å². The molecule has 0 spiro atoms. The van der Waals surface area contributed by atoms with Gasteiger partial charge in [-0.05, 0) is 67.6 Å². The van der Waals surface area contributed by atoms with Gasteiger partial charge in [0.15, 0.2) is 5.13 Å². The molecule has 3 aromatic carbocycles. The van der Waals surface area contributed by atoms with Crippen LogP contribution in [0.15, 0.2) is 60.7 Å². The second-order valence-corrected chi connectivity index (χ2v) is 8.98. The summed E-state index contributed by atoms with van der Waals surface area (Å²) in [7, 11) is 0. The molecular weight excluding hydrogens is 388 g/mol. The number of amides is 1. The number of nitrogens with zero attached hydrogens (tertiary/aromatic N) is 2. The van der Waals surface area contributed by atoms with Gasteiger partial charge in [-0.15, -0.1) is 0 Å². The molecule has 4 aromatic rings. The molecule has 0 aliphatic heterocycles. The van der Waals surface area contributed by atoms with Crippen LogP contribution in [0.4, 0.5) is 5.13 Å². The monoisotopic (exact) mass is 414 g/mol. The van der Waals surface area contributed by atoms with Crippen LogP contribution in [0.5, 0.6) is 0 Å². The van der Waals surface area contributed by atoms with Gasteiger partial charge >= 0.3 is 0 Å². The van der Waals surface area contributed by atoms with Crippen LogP contribution in [0.1, 0.15) is 33.4 Å². The van der Waals surface area contributed by atoms with E-state index in [9.17, 15) is 4.79 Å². The molecule has 0 N–H and O–H groups in total. The predicted octanol–water partition coefficient (Wildman–Crippen LogP) is 6.31. The first-order valence-corrected chi connectivity index (χ1v) is 11.0. The molecule has 0 aliphatic carbocycles. The number of rotatable bonds is 5. The van der Waals surface area contributed by atoms with Crippen molar-refractivity contribution in [1.82, 2.24) is 4.98 Å². The molecule has 0 atom stereocenters. The standard InChI is InChI=1S/C26H26N2OS/c1-17-10-11-22(20(4)12-17)15-25(29)28(16-21-8-6-5-7-9-21)26-27-23-13-18(2)19(3)14-24(23)30-26/h5-14H,15-16H2,1-4H3. The van der Waals surface area contributed by atoms with Crippen LogP contribution in [0.25, 0.3) is 10.2 Å². The zero-order valence-corrected chi connectivity index (χ0v) is 18.7. The third-order valence-electron chi connectivity index (χ3n) is 5.55. The fourth-order valence-corrected chi connectivity index (χ4v) is 4.68. The van der Waals surface area contributed by atoms with Gasteiger partial charge in [-0.3, -0.25) is 9.69 Å². The number of carbonyl (C=O) groups is 1. The van der Waals surface area contributed by atoms with E-state index in [1.54, 1.807) is 11.3 Å². The average molecular weight is 415 g/mol. The van der Waals surface area contributed by atoms with E-state index < -0.39 is 0 Å². The normalized spacial score (nSPS) is 11.1. The lowest BCUT2D eigenvalue weighted by molar-refractivity contribution is -0.118. The third kappa shape index (κ3) is 4.29. The molecule has 0 radical (unpaired) electrons. The highest BCUT2D eigenvalue weighted by molar-refractivity contribution is 7.22. The van der Waals surface area contributed by atoms with Gasteiger partial charge in [-0.25, -0.2) is 4.98 Å². The van der Waals surface area contributed by atoms with Crippen LogP contribution in [-0.4, -0.2) is 10.9 Å². The molecule has 4 heteroatoms. The zero-order valence-electron chi connectivity index (χ0n) is 17.9. The highest BCUT2D eigenvalue weighted by Crippen LogP contribution is 2.32. The molecule has 152 valence electrons. The molecule has 1 aromatic heterocycles. The SMILES string of the molecule is Cc1ccc(CC(=O)N(Cc2ccccc2)c2nc3cc(C)c(C)cc3s2)c(C)c1.